The van der Waals surface area contributed by atoms with E-state index in [0.717, 1.165) is 5.69 Å². The molecule has 4 heteroatoms. The molecule has 2 N–H and O–H groups in total. The second-order valence-electron chi connectivity index (χ2n) is 3.25. The number of anilines is 1. The van der Waals surface area contributed by atoms with Gasteiger partial charge in [0.1, 0.15) is 0 Å². The van der Waals surface area contributed by atoms with Gasteiger partial charge in [-0.25, -0.2) is 4.79 Å². The van der Waals surface area contributed by atoms with E-state index in [2.05, 4.69) is 5.32 Å². The lowest BCUT2D eigenvalue weighted by atomic mass is 10.2. The first-order valence-corrected chi connectivity index (χ1v) is 5.43. The number of hydrogen-bond donors (Lipinski definition) is 2. The molecule has 0 saturated carbocycles. The van der Waals surface area contributed by atoms with Crippen molar-refractivity contribution in [3.05, 3.63) is 40.9 Å². The van der Waals surface area contributed by atoms with Crippen LogP contribution in [0.5, 0.6) is 0 Å². The van der Waals surface area contributed by atoms with Crippen LogP contribution in [0.3, 0.4) is 0 Å². The number of carboxylic acids is 1. The number of carboxylic acid groups (broad SMARTS) is 1. The quantitative estimate of drug-likeness (QED) is 0.776. The summed E-state index contributed by atoms with van der Waals surface area (Å²) in [5.74, 6) is -0.872. The highest BCUT2D eigenvalue weighted by Gasteiger charge is 2.03. The number of hydrogen-bond acceptors (Lipinski definition) is 2. The normalized spacial score (nSPS) is 11.2. The molecule has 0 aliphatic carbocycles. The van der Waals surface area contributed by atoms with Gasteiger partial charge in [-0.15, -0.1) is 0 Å². The molecule has 3 nitrogen and oxygen atoms in total. The molecule has 0 aromatic heterocycles. The van der Waals surface area contributed by atoms with Crippen LogP contribution in [0.2, 0.25) is 5.02 Å². The molecule has 0 saturated heterocycles. The number of nitrogens with one attached hydrogen (secondary N) is 1. The van der Waals surface area contributed by atoms with Crippen molar-refractivity contribution >= 4 is 23.3 Å². The molecule has 0 aliphatic rings. The minimum atomic E-state index is -0.872. The summed E-state index contributed by atoms with van der Waals surface area (Å²) in [7, 11) is 0. The lowest BCUT2D eigenvalue weighted by Gasteiger charge is -2.05. The Morgan fingerprint density at radius 1 is 1.50 bits per heavy atom. The van der Waals surface area contributed by atoms with Gasteiger partial charge >= 0.3 is 5.97 Å². The first kappa shape index (κ1) is 12.6. The highest BCUT2D eigenvalue weighted by molar-refractivity contribution is 6.33. The molecule has 0 unspecified atom stereocenters. The van der Waals surface area contributed by atoms with Crippen molar-refractivity contribution in [1.29, 1.82) is 0 Å². The Labute approximate surface area is 99.7 Å². The van der Waals surface area contributed by atoms with Gasteiger partial charge in [0.2, 0.25) is 0 Å². The maximum absolute atomic E-state index is 10.7. The molecular weight excluding hydrogens is 226 g/mol. The minimum Gasteiger partial charge on any atom is -0.478 e. The second kappa shape index (κ2) is 6.18. The van der Waals surface area contributed by atoms with Crippen molar-refractivity contribution in [2.24, 2.45) is 0 Å². The molecule has 0 amide bonds. The molecule has 0 heterocycles. The van der Waals surface area contributed by atoms with Crippen molar-refractivity contribution in [2.75, 3.05) is 11.9 Å². The third-order valence-corrected chi connectivity index (χ3v) is 2.50. The Kier molecular flexibility index (Phi) is 4.86. The number of carbonyl (C=O) groups is 1. The summed E-state index contributed by atoms with van der Waals surface area (Å²) < 4.78 is 0. The zero-order valence-electron chi connectivity index (χ0n) is 9.03. The first-order chi connectivity index (χ1) is 7.65. The van der Waals surface area contributed by atoms with Gasteiger partial charge in [-0.05, 0) is 18.6 Å². The summed E-state index contributed by atoms with van der Waals surface area (Å²) in [6, 6.07) is 7.35. The van der Waals surface area contributed by atoms with Crippen molar-refractivity contribution < 1.29 is 9.90 Å². The summed E-state index contributed by atoms with van der Waals surface area (Å²) in [5, 5.41) is 12.5. The van der Waals surface area contributed by atoms with Crippen LogP contribution in [0.1, 0.15) is 13.3 Å². The molecule has 1 rings (SSSR count). The minimum absolute atomic E-state index is 0.402. The van der Waals surface area contributed by atoms with Crippen LogP contribution in [0.4, 0.5) is 5.69 Å². The van der Waals surface area contributed by atoms with E-state index >= 15 is 0 Å². The van der Waals surface area contributed by atoms with Crippen LogP contribution in [-0.2, 0) is 4.79 Å². The number of benzene rings is 1. The molecule has 1 aromatic carbocycles. The van der Waals surface area contributed by atoms with E-state index in [0.29, 0.717) is 23.6 Å². The van der Waals surface area contributed by atoms with Crippen LogP contribution in [0, 0.1) is 0 Å². The summed E-state index contributed by atoms with van der Waals surface area (Å²) >= 11 is 5.94. The monoisotopic (exact) mass is 239 g/mol. The van der Waals surface area contributed by atoms with E-state index in [9.17, 15) is 4.79 Å². The molecule has 0 aliphatic heterocycles. The zero-order valence-corrected chi connectivity index (χ0v) is 9.79. The first-order valence-electron chi connectivity index (χ1n) is 5.06. The number of halogens is 1. The van der Waals surface area contributed by atoms with Crippen molar-refractivity contribution in [3.63, 3.8) is 0 Å². The SMILES string of the molecule is CC/C(=C/CNc1ccccc1Cl)C(=O)O. The average molecular weight is 240 g/mol. The van der Waals surface area contributed by atoms with Crippen molar-refractivity contribution in [2.45, 2.75) is 13.3 Å². The van der Waals surface area contributed by atoms with E-state index in [1.165, 1.54) is 0 Å². The average Bonchev–Trinajstić information content (AvgIpc) is 2.26. The summed E-state index contributed by atoms with van der Waals surface area (Å²) in [4.78, 5) is 10.7. The van der Waals surface area contributed by atoms with Crippen LogP contribution < -0.4 is 5.32 Å². The topological polar surface area (TPSA) is 49.3 Å². The number of rotatable bonds is 5. The lowest BCUT2D eigenvalue weighted by molar-refractivity contribution is -0.132. The molecule has 0 bridgehead atoms. The number of para-hydroxylation sites is 1. The highest BCUT2D eigenvalue weighted by Crippen LogP contribution is 2.20. The van der Waals surface area contributed by atoms with Gasteiger partial charge in [-0.3, -0.25) is 0 Å². The maximum Gasteiger partial charge on any atom is 0.331 e. The Morgan fingerprint density at radius 2 is 2.19 bits per heavy atom. The molecular formula is C12H14ClNO2. The fourth-order valence-electron chi connectivity index (χ4n) is 1.27. The lowest BCUT2D eigenvalue weighted by Crippen LogP contribution is -2.04. The van der Waals surface area contributed by atoms with E-state index < -0.39 is 5.97 Å². The predicted octanol–water partition coefficient (Wildman–Crippen LogP) is 3.17. The van der Waals surface area contributed by atoms with Crippen molar-refractivity contribution in [3.8, 4) is 0 Å². The van der Waals surface area contributed by atoms with E-state index in [1.54, 1.807) is 12.1 Å². The van der Waals surface area contributed by atoms with E-state index in [4.69, 9.17) is 16.7 Å². The van der Waals surface area contributed by atoms with Crippen LogP contribution in [0.25, 0.3) is 0 Å². The zero-order chi connectivity index (χ0) is 12.0. The molecule has 0 radical (unpaired) electrons. The summed E-state index contributed by atoms with van der Waals surface area (Å²) in [5.41, 5.74) is 1.21. The Balaban J connectivity index is 2.59. The van der Waals surface area contributed by atoms with Crippen LogP contribution in [0.15, 0.2) is 35.9 Å². The molecule has 1 aromatic rings. The molecule has 86 valence electrons. The fraction of sp³-hybridized carbons (Fsp3) is 0.250. The Bertz CT molecular complexity index is 402. The summed E-state index contributed by atoms with van der Waals surface area (Å²) in [6.07, 6.45) is 2.17. The fourth-order valence-corrected chi connectivity index (χ4v) is 1.47. The van der Waals surface area contributed by atoms with Gasteiger partial charge in [-0.1, -0.05) is 36.7 Å². The molecule has 16 heavy (non-hydrogen) atoms. The second-order valence-corrected chi connectivity index (χ2v) is 3.66. The largest absolute Gasteiger partial charge is 0.478 e. The third-order valence-electron chi connectivity index (χ3n) is 2.17. The third kappa shape index (κ3) is 3.59. The van der Waals surface area contributed by atoms with E-state index in [-0.39, 0.29) is 0 Å². The van der Waals surface area contributed by atoms with Gasteiger partial charge < -0.3 is 10.4 Å². The van der Waals surface area contributed by atoms with Gasteiger partial charge in [0.05, 0.1) is 10.7 Å². The predicted molar refractivity (Wildman–Crippen MR) is 66.0 cm³/mol. The smallest absolute Gasteiger partial charge is 0.331 e. The molecule has 0 atom stereocenters. The Hall–Kier alpha value is -1.48. The maximum atomic E-state index is 10.7. The Morgan fingerprint density at radius 3 is 2.75 bits per heavy atom. The standard InChI is InChI=1S/C12H14ClNO2/c1-2-9(12(15)16)7-8-14-11-6-4-3-5-10(11)13/h3-7,14H,2,8H2,1H3,(H,15,16)/b9-7-. The van der Waals surface area contributed by atoms with Crippen LogP contribution in [-0.4, -0.2) is 17.6 Å². The van der Waals surface area contributed by atoms with Gasteiger partial charge in [0.15, 0.2) is 0 Å². The van der Waals surface area contributed by atoms with Crippen LogP contribution >= 0.6 is 11.6 Å². The van der Waals surface area contributed by atoms with Gasteiger partial charge in [0.25, 0.3) is 0 Å². The molecule has 0 fully saturated rings. The van der Waals surface area contributed by atoms with Crippen molar-refractivity contribution in [1.82, 2.24) is 0 Å². The van der Waals surface area contributed by atoms with Gasteiger partial charge in [0, 0.05) is 12.1 Å². The van der Waals surface area contributed by atoms with E-state index in [1.807, 2.05) is 25.1 Å². The highest BCUT2D eigenvalue weighted by atomic mass is 35.5. The van der Waals surface area contributed by atoms with Gasteiger partial charge in [-0.2, -0.15) is 0 Å². The number of aliphatic carboxylic acids is 1. The molecule has 0 spiro atoms. The summed E-state index contributed by atoms with van der Waals surface area (Å²) in [6.45, 7) is 2.27.